The van der Waals surface area contributed by atoms with Gasteiger partial charge in [-0.15, -0.1) is 0 Å². The smallest absolute Gasteiger partial charge is 0.180 e. The lowest BCUT2D eigenvalue weighted by Crippen LogP contribution is -2.01. The van der Waals surface area contributed by atoms with Crippen molar-refractivity contribution in [2.75, 3.05) is 7.11 Å². The molecule has 8 heterocycles. The monoisotopic (exact) mass is 1330 g/mol. The van der Waals surface area contributed by atoms with E-state index in [-0.39, 0.29) is 12.4 Å². The van der Waals surface area contributed by atoms with Gasteiger partial charge in [0.25, 0.3) is 0 Å². The molecule has 0 aliphatic heterocycles. The highest BCUT2D eigenvalue weighted by Gasteiger charge is 2.14. The van der Waals surface area contributed by atoms with Crippen LogP contribution in [-0.4, -0.2) is 79.5 Å². The fourth-order valence-corrected chi connectivity index (χ4v) is 10.4. The largest absolute Gasteiger partial charge is 0.493 e. The predicted octanol–water partition coefficient (Wildman–Crippen LogP) is 19.2. The first-order chi connectivity index (χ1) is 46.2. The minimum atomic E-state index is -0.205. The minimum Gasteiger partial charge on any atom is -0.493 e. The topological polar surface area (TPSA) is 162 Å². The summed E-state index contributed by atoms with van der Waals surface area (Å²) < 4.78 is 30.7. The summed E-state index contributed by atoms with van der Waals surface area (Å²) in [6.07, 6.45) is 25.7. The van der Waals surface area contributed by atoms with Crippen molar-refractivity contribution >= 4 is 11.6 Å². The van der Waals surface area contributed by atoms with Crippen LogP contribution in [0.4, 0.5) is 4.39 Å². The molecule has 0 bridgehead atoms. The third-order valence-corrected chi connectivity index (χ3v) is 16.8. The van der Waals surface area contributed by atoms with Gasteiger partial charge in [0.2, 0.25) is 0 Å². The highest BCUT2D eigenvalue weighted by Crippen LogP contribution is 2.29. The van der Waals surface area contributed by atoms with Gasteiger partial charge in [-0.1, -0.05) is 143 Å². The van der Waals surface area contributed by atoms with E-state index >= 15 is 0 Å². The van der Waals surface area contributed by atoms with Crippen molar-refractivity contribution in [1.82, 2.24) is 67.3 Å². The SMILES string of the molecule is CC(C)c1ccc(-n2ccnc2)c(CO)c1.COc1cc(C(C)C)cnc1-n1cnc(C)c1.Cc1cc(C(C)C)ccc1-n1cnc(C)c1Cl.Cc1cn(-c2ccc(C(C)C)cc2C)cn1.Cc1cn(-c2ccc(C(C)C)cc2F)cn1.Cc1cn(-c2ccc(C(C)C)cn2)cn1. The lowest BCUT2D eigenvalue weighted by Gasteiger charge is -2.12. The van der Waals surface area contributed by atoms with Crippen molar-refractivity contribution in [3.63, 3.8) is 0 Å². The van der Waals surface area contributed by atoms with E-state index in [2.05, 4.69) is 202 Å². The highest BCUT2D eigenvalue weighted by molar-refractivity contribution is 6.30. The molecule has 18 heteroatoms. The molecule has 0 aliphatic carbocycles. The zero-order valence-electron chi connectivity index (χ0n) is 60.3. The van der Waals surface area contributed by atoms with Crippen LogP contribution >= 0.6 is 11.6 Å². The second-order valence-corrected chi connectivity index (χ2v) is 26.5. The molecule has 510 valence electrons. The molecule has 0 amide bonds. The standard InChI is InChI=1S/C14H17ClN2.C14H18N2.C13H15FN2.C13H17N3O.C13H16N2O.C12H15N3/c1-9(2)12-5-6-13(10(3)7-12)17-8-16-11(4)14(17)15;1-10(2)13-5-6-14(11(3)7-13)16-8-12(4)15-9-16;1-9(2)11-4-5-13(12(14)6-11)16-7-10(3)15-8-16;1-9(2)11-5-12(17-4)13(14-6-11)16-7-10(3)15-8-16;1-10(2)11-3-4-13(12(7-11)8-16)15-6-5-14-9-15;1-9(2)11-4-5-12(13-6-11)15-7-10(3)14-8-15/h5-9H,1-4H3;5-10H,1-4H3;4-9H,1-3H3;5-9H,1-4H3;3-7,9-10,16H,8H2,1-2H3;4-9H,1-3H3. The van der Waals surface area contributed by atoms with Gasteiger partial charge in [0.1, 0.15) is 35.8 Å². The molecule has 0 atom stereocenters. The summed E-state index contributed by atoms with van der Waals surface area (Å²) >= 11 is 6.22. The Labute approximate surface area is 579 Å². The van der Waals surface area contributed by atoms with E-state index in [1.165, 1.54) is 44.6 Å². The number of pyridine rings is 2. The molecule has 0 unspecified atom stereocenters. The molecule has 0 saturated carbocycles. The van der Waals surface area contributed by atoms with Crippen LogP contribution in [0.3, 0.4) is 0 Å². The number of hydrogen-bond donors (Lipinski definition) is 1. The fourth-order valence-electron chi connectivity index (χ4n) is 10.3. The summed E-state index contributed by atoms with van der Waals surface area (Å²) in [4.78, 5) is 33.8. The van der Waals surface area contributed by atoms with Crippen LogP contribution in [0.25, 0.3) is 34.4 Å². The van der Waals surface area contributed by atoms with Gasteiger partial charge in [-0.25, -0.2) is 44.3 Å². The molecular formula is C79H98ClFN14O2. The van der Waals surface area contributed by atoms with Crippen LogP contribution in [0, 0.1) is 54.3 Å². The van der Waals surface area contributed by atoms with Crippen LogP contribution in [0.5, 0.6) is 5.75 Å². The van der Waals surface area contributed by atoms with Crippen molar-refractivity contribution in [2.45, 2.75) is 174 Å². The second-order valence-electron chi connectivity index (χ2n) is 26.2. The summed E-state index contributed by atoms with van der Waals surface area (Å²) in [7, 11) is 1.66. The van der Waals surface area contributed by atoms with Crippen molar-refractivity contribution in [3.05, 3.63) is 268 Å². The van der Waals surface area contributed by atoms with Gasteiger partial charge in [-0.2, -0.15) is 0 Å². The summed E-state index contributed by atoms with van der Waals surface area (Å²) in [5.41, 5.74) is 19.5. The Bertz CT molecular complexity index is 4310. The van der Waals surface area contributed by atoms with Crippen molar-refractivity contribution < 1.29 is 14.2 Å². The maximum Gasteiger partial charge on any atom is 0.180 e. The Morgan fingerprint density at radius 1 is 0.433 bits per heavy atom. The normalized spacial score (nSPS) is 11.0. The Kier molecular flexibility index (Phi) is 26.9. The number of rotatable bonds is 14. The molecule has 1 N–H and O–H groups in total. The molecule has 0 spiro atoms. The first-order valence-corrected chi connectivity index (χ1v) is 33.5. The molecular weight excluding hydrogens is 1230 g/mol. The zero-order chi connectivity index (χ0) is 70.8. The number of nitrogens with zero attached hydrogens (tertiary/aromatic N) is 14. The minimum absolute atomic E-state index is 0.0497. The van der Waals surface area contributed by atoms with Gasteiger partial charge in [-0.05, 0) is 171 Å². The van der Waals surface area contributed by atoms with Crippen LogP contribution in [0.1, 0.15) is 197 Å². The number of ether oxygens (including phenoxy) is 1. The summed E-state index contributed by atoms with van der Waals surface area (Å²) in [5, 5.41) is 10.1. The van der Waals surface area contributed by atoms with E-state index in [0.717, 1.165) is 68.4 Å². The number of benzene rings is 4. The maximum atomic E-state index is 13.9. The number of aryl methyl sites for hydroxylation is 7. The van der Waals surface area contributed by atoms with Gasteiger partial charge in [0.05, 0.1) is 78.2 Å². The van der Waals surface area contributed by atoms with E-state index in [9.17, 15) is 9.50 Å². The fraction of sp³-hybridized carbons (Fsp3) is 0.342. The third kappa shape index (κ3) is 20.5. The van der Waals surface area contributed by atoms with E-state index in [0.29, 0.717) is 46.3 Å². The number of aliphatic hydroxyl groups is 1. The van der Waals surface area contributed by atoms with Gasteiger partial charge in [-0.3, -0.25) is 13.7 Å². The number of imidazole rings is 6. The highest BCUT2D eigenvalue weighted by atomic mass is 35.5. The third-order valence-electron chi connectivity index (χ3n) is 16.4. The van der Waals surface area contributed by atoms with Crippen LogP contribution in [0.2, 0.25) is 5.15 Å². The number of halogens is 2. The van der Waals surface area contributed by atoms with Crippen molar-refractivity contribution in [2.24, 2.45) is 0 Å². The lowest BCUT2D eigenvalue weighted by molar-refractivity contribution is 0.281. The molecule has 0 radical (unpaired) electrons. The number of methoxy groups -OCH3 is 1. The Balaban J connectivity index is 0.000000164. The predicted molar refractivity (Wildman–Crippen MR) is 392 cm³/mol. The molecule has 0 fully saturated rings. The number of aliphatic hydroxyl groups excluding tert-OH is 1. The Morgan fingerprint density at radius 3 is 1.29 bits per heavy atom. The van der Waals surface area contributed by atoms with Gasteiger partial charge < -0.3 is 23.5 Å². The second kappa shape index (κ2) is 34.9. The van der Waals surface area contributed by atoms with Gasteiger partial charge in [0, 0.05) is 60.8 Å². The molecule has 97 heavy (non-hydrogen) atoms. The Hall–Kier alpha value is -9.58. The lowest BCUT2D eigenvalue weighted by atomic mass is 10.00. The van der Waals surface area contributed by atoms with E-state index in [4.69, 9.17) is 16.3 Å². The van der Waals surface area contributed by atoms with Crippen LogP contribution in [-0.2, 0) is 6.61 Å². The van der Waals surface area contributed by atoms with Crippen molar-refractivity contribution in [3.8, 4) is 40.1 Å². The summed E-state index contributed by atoms with van der Waals surface area (Å²) in [5.74, 6) is 5.16. The molecule has 8 aromatic heterocycles. The molecule has 4 aromatic carbocycles. The molecule has 16 nitrogen and oxygen atoms in total. The first kappa shape index (κ1) is 74.8. The average Bonchev–Trinajstić information content (AvgIpc) is 1.87. The van der Waals surface area contributed by atoms with E-state index in [1.54, 1.807) is 61.6 Å². The Morgan fingerprint density at radius 2 is 0.876 bits per heavy atom. The molecule has 0 aliphatic rings. The maximum absolute atomic E-state index is 13.9. The average molecular weight is 1330 g/mol. The van der Waals surface area contributed by atoms with E-state index < -0.39 is 0 Å². The number of hydrogen-bond acceptors (Lipinski definition) is 10. The molecule has 12 rings (SSSR count). The van der Waals surface area contributed by atoms with Crippen LogP contribution in [0.15, 0.2) is 179 Å². The number of aromatic nitrogens is 14. The van der Waals surface area contributed by atoms with Gasteiger partial charge >= 0.3 is 0 Å². The van der Waals surface area contributed by atoms with Crippen LogP contribution < -0.4 is 4.74 Å². The van der Waals surface area contributed by atoms with Gasteiger partial charge in [0.15, 0.2) is 11.6 Å². The summed E-state index contributed by atoms with van der Waals surface area (Å²) in [6.45, 7) is 39.9. The summed E-state index contributed by atoms with van der Waals surface area (Å²) in [6, 6.07) is 30.8. The molecule has 0 saturated heterocycles. The molecule has 12 aromatic rings. The van der Waals surface area contributed by atoms with Crippen molar-refractivity contribution in [1.29, 1.82) is 0 Å². The first-order valence-electron chi connectivity index (χ1n) is 33.1. The quantitative estimate of drug-likeness (QED) is 0.111. The van der Waals surface area contributed by atoms with E-state index in [1.807, 2.05) is 121 Å². The zero-order valence-corrected chi connectivity index (χ0v) is 61.0.